The van der Waals surface area contributed by atoms with Gasteiger partial charge in [0, 0.05) is 37.0 Å². The van der Waals surface area contributed by atoms with E-state index in [-0.39, 0.29) is 5.41 Å². The zero-order valence-electron chi connectivity index (χ0n) is 11.9. The lowest BCUT2D eigenvalue weighted by molar-refractivity contribution is -0.146. The molecule has 3 nitrogen and oxygen atoms in total. The largest absolute Gasteiger partial charge is 0.378 e. The van der Waals surface area contributed by atoms with Gasteiger partial charge in [-0.05, 0) is 32.0 Å². The highest BCUT2D eigenvalue weighted by molar-refractivity contribution is 5.10. The second-order valence-electron chi connectivity index (χ2n) is 5.79. The zero-order chi connectivity index (χ0) is 13.2. The molecule has 0 radical (unpaired) electrons. The highest BCUT2D eigenvalue weighted by Gasteiger charge is 2.50. The molecule has 0 bridgehead atoms. The van der Waals surface area contributed by atoms with Gasteiger partial charge >= 0.3 is 0 Å². The molecule has 1 saturated carbocycles. The predicted molar refractivity (Wildman–Crippen MR) is 73.3 cm³/mol. The van der Waals surface area contributed by atoms with Crippen LogP contribution in [0.5, 0.6) is 0 Å². The standard InChI is InChI=1S/C15H24N2O/c1-5-18-14-9-13(15(14,2)3)17(4)11-12-7-6-8-16-10-12/h6-8,10,13-14H,5,9,11H2,1-4H3/t13-,14+/m0/s1. The Kier molecular flexibility index (Phi) is 4.03. The fraction of sp³-hybridized carbons (Fsp3) is 0.667. The Morgan fingerprint density at radius 2 is 2.28 bits per heavy atom. The predicted octanol–water partition coefficient (Wildman–Crippen LogP) is 2.72. The van der Waals surface area contributed by atoms with Crippen LogP contribution in [0.2, 0.25) is 0 Å². The molecule has 0 aromatic carbocycles. The molecule has 1 heterocycles. The molecule has 18 heavy (non-hydrogen) atoms. The van der Waals surface area contributed by atoms with Gasteiger partial charge in [-0.3, -0.25) is 9.88 Å². The van der Waals surface area contributed by atoms with Crippen LogP contribution in [0.15, 0.2) is 24.5 Å². The van der Waals surface area contributed by atoms with Crippen molar-refractivity contribution < 1.29 is 4.74 Å². The van der Waals surface area contributed by atoms with Gasteiger partial charge in [-0.15, -0.1) is 0 Å². The van der Waals surface area contributed by atoms with Crippen molar-refractivity contribution in [2.24, 2.45) is 5.41 Å². The Labute approximate surface area is 110 Å². The van der Waals surface area contributed by atoms with Crippen LogP contribution in [-0.2, 0) is 11.3 Å². The molecule has 1 fully saturated rings. The molecule has 1 aliphatic carbocycles. The van der Waals surface area contributed by atoms with Crippen LogP contribution in [0.1, 0.15) is 32.8 Å². The molecule has 2 rings (SSSR count). The molecule has 0 unspecified atom stereocenters. The van der Waals surface area contributed by atoms with Gasteiger partial charge in [0.1, 0.15) is 0 Å². The molecule has 0 spiro atoms. The van der Waals surface area contributed by atoms with Crippen molar-refractivity contribution in [2.75, 3.05) is 13.7 Å². The molecule has 0 amide bonds. The normalized spacial score (nSPS) is 26.1. The van der Waals surface area contributed by atoms with Gasteiger partial charge in [0.25, 0.3) is 0 Å². The number of pyridine rings is 1. The van der Waals surface area contributed by atoms with E-state index < -0.39 is 0 Å². The summed E-state index contributed by atoms with van der Waals surface area (Å²) < 4.78 is 5.78. The average molecular weight is 248 g/mol. The van der Waals surface area contributed by atoms with E-state index in [1.165, 1.54) is 5.56 Å². The van der Waals surface area contributed by atoms with Gasteiger partial charge in [0.2, 0.25) is 0 Å². The summed E-state index contributed by atoms with van der Waals surface area (Å²) in [7, 11) is 2.20. The maximum Gasteiger partial charge on any atom is 0.0655 e. The molecule has 0 saturated heterocycles. The second kappa shape index (κ2) is 5.37. The third-order valence-electron chi connectivity index (χ3n) is 4.18. The number of aromatic nitrogens is 1. The topological polar surface area (TPSA) is 25.4 Å². The van der Waals surface area contributed by atoms with E-state index in [9.17, 15) is 0 Å². The zero-order valence-corrected chi connectivity index (χ0v) is 11.9. The average Bonchev–Trinajstić information content (AvgIpc) is 2.35. The number of hydrogen-bond acceptors (Lipinski definition) is 3. The number of hydrogen-bond donors (Lipinski definition) is 0. The van der Waals surface area contributed by atoms with E-state index >= 15 is 0 Å². The van der Waals surface area contributed by atoms with Gasteiger partial charge < -0.3 is 4.74 Å². The van der Waals surface area contributed by atoms with E-state index in [0.717, 1.165) is 19.6 Å². The smallest absolute Gasteiger partial charge is 0.0655 e. The van der Waals surface area contributed by atoms with Crippen molar-refractivity contribution in [3.63, 3.8) is 0 Å². The van der Waals surface area contributed by atoms with Crippen molar-refractivity contribution in [1.29, 1.82) is 0 Å². The molecule has 1 aliphatic rings. The highest BCUT2D eigenvalue weighted by Crippen LogP contribution is 2.45. The summed E-state index contributed by atoms with van der Waals surface area (Å²) in [5.41, 5.74) is 1.52. The maximum absolute atomic E-state index is 5.78. The lowest BCUT2D eigenvalue weighted by Crippen LogP contribution is -2.60. The van der Waals surface area contributed by atoms with Crippen molar-refractivity contribution >= 4 is 0 Å². The summed E-state index contributed by atoms with van der Waals surface area (Å²) in [6.45, 7) is 8.46. The summed E-state index contributed by atoms with van der Waals surface area (Å²) in [4.78, 5) is 6.59. The minimum Gasteiger partial charge on any atom is -0.378 e. The van der Waals surface area contributed by atoms with Gasteiger partial charge in [-0.25, -0.2) is 0 Å². The number of ether oxygens (including phenoxy) is 1. The van der Waals surface area contributed by atoms with E-state index in [2.05, 4.69) is 43.8 Å². The molecule has 0 N–H and O–H groups in total. The Hall–Kier alpha value is -0.930. The molecule has 0 aliphatic heterocycles. The van der Waals surface area contributed by atoms with Crippen LogP contribution in [0, 0.1) is 5.41 Å². The number of rotatable bonds is 5. The van der Waals surface area contributed by atoms with Crippen molar-refractivity contribution in [3.05, 3.63) is 30.1 Å². The minimum atomic E-state index is 0.243. The van der Waals surface area contributed by atoms with Crippen molar-refractivity contribution in [2.45, 2.75) is 45.9 Å². The summed E-state index contributed by atoms with van der Waals surface area (Å²) in [5.74, 6) is 0. The van der Waals surface area contributed by atoms with Gasteiger partial charge in [0.15, 0.2) is 0 Å². The fourth-order valence-corrected chi connectivity index (χ4v) is 2.99. The van der Waals surface area contributed by atoms with Crippen molar-refractivity contribution in [1.82, 2.24) is 9.88 Å². The first-order chi connectivity index (χ1) is 8.55. The first-order valence-electron chi connectivity index (χ1n) is 6.76. The Morgan fingerprint density at radius 3 is 2.83 bits per heavy atom. The lowest BCUT2D eigenvalue weighted by Gasteiger charge is -2.55. The molecule has 100 valence electrons. The summed E-state index contributed by atoms with van der Waals surface area (Å²) in [5, 5.41) is 0. The second-order valence-corrected chi connectivity index (χ2v) is 5.79. The van der Waals surface area contributed by atoms with Crippen molar-refractivity contribution in [3.8, 4) is 0 Å². The Morgan fingerprint density at radius 1 is 1.50 bits per heavy atom. The monoisotopic (exact) mass is 248 g/mol. The first-order valence-corrected chi connectivity index (χ1v) is 6.76. The molecule has 3 heteroatoms. The van der Waals surface area contributed by atoms with E-state index in [1.807, 2.05) is 18.5 Å². The Balaban J connectivity index is 1.93. The van der Waals surface area contributed by atoms with Crippen LogP contribution in [0.3, 0.4) is 0 Å². The summed E-state index contributed by atoms with van der Waals surface area (Å²) >= 11 is 0. The van der Waals surface area contributed by atoms with Gasteiger partial charge in [0.05, 0.1) is 6.10 Å². The molecule has 2 atom stereocenters. The van der Waals surface area contributed by atoms with Gasteiger partial charge in [-0.1, -0.05) is 19.9 Å². The first kappa shape index (κ1) is 13.5. The van der Waals surface area contributed by atoms with Crippen LogP contribution in [-0.4, -0.2) is 35.7 Å². The molecule has 1 aromatic rings. The maximum atomic E-state index is 5.78. The quantitative estimate of drug-likeness (QED) is 0.801. The van der Waals surface area contributed by atoms with E-state index in [0.29, 0.717) is 12.1 Å². The van der Waals surface area contributed by atoms with Crippen LogP contribution < -0.4 is 0 Å². The third kappa shape index (κ3) is 2.57. The van der Waals surface area contributed by atoms with E-state index in [4.69, 9.17) is 4.74 Å². The third-order valence-corrected chi connectivity index (χ3v) is 4.18. The highest BCUT2D eigenvalue weighted by atomic mass is 16.5. The van der Waals surface area contributed by atoms with E-state index in [1.54, 1.807) is 0 Å². The molecular weight excluding hydrogens is 224 g/mol. The lowest BCUT2D eigenvalue weighted by atomic mass is 9.64. The minimum absolute atomic E-state index is 0.243. The fourth-order valence-electron chi connectivity index (χ4n) is 2.99. The molecule has 1 aromatic heterocycles. The Bertz CT molecular complexity index is 377. The summed E-state index contributed by atoms with van der Waals surface area (Å²) in [6.07, 6.45) is 5.31. The van der Waals surface area contributed by atoms with Crippen LogP contribution in [0.4, 0.5) is 0 Å². The van der Waals surface area contributed by atoms with Gasteiger partial charge in [-0.2, -0.15) is 0 Å². The molecular formula is C15H24N2O. The summed E-state index contributed by atoms with van der Waals surface area (Å²) in [6, 6.07) is 4.72. The van der Waals surface area contributed by atoms with Crippen LogP contribution >= 0.6 is 0 Å². The number of nitrogens with zero attached hydrogens (tertiary/aromatic N) is 2. The SMILES string of the molecule is CCO[C@@H]1C[C@H](N(C)Cc2cccnc2)C1(C)C. The van der Waals surface area contributed by atoms with Crippen LogP contribution in [0.25, 0.3) is 0 Å².